The summed E-state index contributed by atoms with van der Waals surface area (Å²) in [4.78, 5) is 15.8. The molecule has 2 unspecified atom stereocenters. The standard InChI is InChI=1S/C15H17NO2/c1-9-4-3-5-13-14(9)12(8-16-13)15(17)11-6-7-18-10(11)2/h3-5,8,10-11,16H,6-7H2,1-2H3. The molecule has 3 rings (SSSR count). The molecular weight excluding hydrogens is 226 g/mol. The lowest BCUT2D eigenvalue weighted by Crippen LogP contribution is -2.21. The molecule has 0 aliphatic carbocycles. The minimum Gasteiger partial charge on any atom is -0.378 e. The van der Waals surface area contributed by atoms with Crippen LogP contribution in [-0.2, 0) is 4.74 Å². The fourth-order valence-electron chi connectivity index (χ4n) is 2.84. The third-order valence-corrected chi connectivity index (χ3v) is 3.89. The number of aromatic nitrogens is 1. The Hall–Kier alpha value is -1.61. The monoisotopic (exact) mass is 243 g/mol. The molecule has 2 aromatic rings. The molecule has 0 spiro atoms. The topological polar surface area (TPSA) is 42.1 Å². The maximum atomic E-state index is 12.6. The van der Waals surface area contributed by atoms with E-state index in [9.17, 15) is 4.79 Å². The van der Waals surface area contributed by atoms with Gasteiger partial charge in [-0.25, -0.2) is 0 Å². The average molecular weight is 243 g/mol. The highest BCUT2D eigenvalue weighted by Gasteiger charge is 2.32. The summed E-state index contributed by atoms with van der Waals surface area (Å²) in [6.07, 6.45) is 2.70. The zero-order valence-corrected chi connectivity index (χ0v) is 10.7. The quantitative estimate of drug-likeness (QED) is 0.823. The first-order chi connectivity index (χ1) is 8.68. The van der Waals surface area contributed by atoms with Crippen molar-refractivity contribution in [1.29, 1.82) is 0 Å². The number of ether oxygens (including phenoxy) is 1. The summed E-state index contributed by atoms with van der Waals surface area (Å²) in [5.41, 5.74) is 2.99. The molecule has 2 atom stereocenters. The molecule has 94 valence electrons. The van der Waals surface area contributed by atoms with Crippen molar-refractivity contribution in [3.63, 3.8) is 0 Å². The predicted molar refractivity (Wildman–Crippen MR) is 70.9 cm³/mol. The highest BCUT2D eigenvalue weighted by molar-refractivity contribution is 6.10. The van der Waals surface area contributed by atoms with Crippen LogP contribution in [0, 0.1) is 12.8 Å². The van der Waals surface area contributed by atoms with Crippen molar-refractivity contribution in [3.8, 4) is 0 Å². The molecule has 1 fully saturated rings. The predicted octanol–water partition coefficient (Wildman–Crippen LogP) is 3.08. The number of fused-ring (bicyclic) bond motifs is 1. The zero-order chi connectivity index (χ0) is 12.7. The number of hydrogen-bond donors (Lipinski definition) is 1. The number of carbonyl (C=O) groups excluding carboxylic acids is 1. The first kappa shape index (κ1) is 11.5. The highest BCUT2D eigenvalue weighted by Crippen LogP contribution is 2.29. The van der Waals surface area contributed by atoms with Gasteiger partial charge < -0.3 is 9.72 Å². The van der Waals surface area contributed by atoms with Crippen LogP contribution in [0.1, 0.15) is 29.3 Å². The van der Waals surface area contributed by atoms with E-state index >= 15 is 0 Å². The molecule has 3 nitrogen and oxygen atoms in total. The fraction of sp³-hybridized carbons (Fsp3) is 0.400. The number of Topliss-reactive ketones (excluding diaryl/α,β-unsaturated/α-hetero) is 1. The molecule has 2 heterocycles. The van der Waals surface area contributed by atoms with Gasteiger partial charge in [-0.2, -0.15) is 0 Å². The molecule has 1 saturated heterocycles. The second kappa shape index (κ2) is 4.25. The van der Waals surface area contributed by atoms with Gasteiger partial charge in [-0.3, -0.25) is 4.79 Å². The van der Waals surface area contributed by atoms with Gasteiger partial charge in [0.15, 0.2) is 5.78 Å². The van der Waals surface area contributed by atoms with E-state index in [2.05, 4.69) is 4.98 Å². The fourth-order valence-corrected chi connectivity index (χ4v) is 2.84. The number of ketones is 1. The molecule has 0 saturated carbocycles. The van der Waals surface area contributed by atoms with Crippen molar-refractivity contribution in [2.75, 3.05) is 6.61 Å². The van der Waals surface area contributed by atoms with Crippen LogP contribution in [-0.4, -0.2) is 23.5 Å². The number of rotatable bonds is 2. The van der Waals surface area contributed by atoms with Crippen molar-refractivity contribution in [3.05, 3.63) is 35.5 Å². The van der Waals surface area contributed by atoms with Crippen LogP contribution >= 0.6 is 0 Å². The molecule has 0 bridgehead atoms. The van der Waals surface area contributed by atoms with Gasteiger partial charge >= 0.3 is 0 Å². The smallest absolute Gasteiger partial charge is 0.170 e. The third kappa shape index (κ3) is 1.66. The average Bonchev–Trinajstić information content (AvgIpc) is 2.95. The Morgan fingerprint density at radius 2 is 2.28 bits per heavy atom. The Balaban J connectivity index is 2.07. The molecule has 1 aliphatic heterocycles. The van der Waals surface area contributed by atoms with E-state index in [-0.39, 0.29) is 17.8 Å². The maximum absolute atomic E-state index is 12.6. The van der Waals surface area contributed by atoms with Crippen LogP contribution < -0.4 is 0 Å². The summed E-state index contributed by atoms with van der Waals surface area (Å²) < 4.78 is 5.50. The van der Waals surface area contributed by atoms with Gasteiger partial charge in [0.25, 0.3) is 0 Å². The van der Waals surface area contributed by atoms with Crippen molar-refractivity contribution < 1.29 is 9.53 Å². The third-order valence-electron chi connectivity index (χ3n) is 3.89. The number of nitrogens with one attached hydrogen (secondary N) is 1. The summed E-state index contributed by atoms with van der Waals surface area (Å²) in [7, 11) is 0. The second-order valence-electron chi connectivity index (χ2n) is 5.04. The van der Waals surface area contributed by atoms with Gasteiger partial charge in [0.2, 0.25) is 0 Å². The van der Waals surface area contributed by atoms with Gasteiger partial charge in [0.1, 0.15) is 0 Å². The van der Waals surface area contributed by atoms with Gasteiger partial charge in [0.05, 0.1) is 12.0 Å². The minimum atomic E-state index is 0.00334. The molecule has 1 N–H and O–H groups in total. The van der Waals surface area contributed by atoms with Crippen LogP contribution in [0.2, 0.25) is 0 Å². The molecule has 18 heavy (non-hydrogen) atoms. The molecule has 3 heteroatoms. The summed E-state index contributed by atoms with van der Waals surface area (Å²) in [5.74, 6) is 0.212. The normalized spacial score (nSPS) is 23.7. The van der Waals surface area contributed by atoms with Gasteiger partial charge in [-0.15, -0.1) is 0 Å². The Bertz CT molecular complexity index is 600. The number of H-pyrrole nitrogens is 1. The van der Waals surface area contributed by atoms with Crippen molar-refractivity contribution in [1.82, 2.24) is 4.98 Å². The minimum absolute atomic E-state index is 0.00334. The lowest BCUT2D eigenvalue weighted by Gasteiger charge is -2.12. The first-order valence-electron chi connectivity index (χ1n) is 6.41. The number of carbonyl (C=O) groups is 1. The van der Waals surface area contributed by atoms with E-state index in [0.29, 0.717) is 6.61 Å². The van der Waals surface area contributed by atoms with Crippen LogP contribution in [0.15, 0.2) is 24.4 Å². The second-order valence-corrected chi connectivity index (χ2v) is 5.04. The van der Waals surface area contributed by atoms with E-state index in [1.807, 2.05) is 38.2 Å². The van der Waals surface area contributed by atoms with Crippen molar-refractivity contribution in [2.45, 2.75) is 26.4 Å². The van der Waals surface area contributed by atoms with Crippen molar-refractivity contribution >= 4 is 16.7 Å². The Labute approximate surface area is 106 Å². The molecule has 0 amide bonds. The van der Waals surface area contributed by atoms with Crippen molar-refractivity contribution in [2.24, 2.45) is 5.92 Å². The molecule has 1 aliphatic rings. The van der Waals surface area contributed by atoms with Gasteiger partial charge in [-0.1, -0.05) is 12.1 Å². The molecular formula is C15H17NO2. The molecule has 1 aromatic heterocycles. The Kier molecular flexibility index (Phi) is 2.71. The maximum Gasteiger partial charge on any atom is 0.170 e. The number of benzene rings is 1. The van der Waals surface area contributed by atoms with Gasteiger partial charge in [-0.05, 0) is 31.9 Å². The van der Waals surface area contributed by atoms with Gasteiger partial charge in [0, 0.05) is 29.3 Å². The summed E-state index contributed by atoms with van der Waals surface area (Å²) in [6.45, 7) is 4.72. The lowest BCUT2D eigenvalue weighted by atomic mass is 9.91. The van der Waals surface area contributed by atoms with E-state index in [4.69, 9.17) is 4.74 Å². The van der Waals surface area contributed by atoms with Crippen LogP contribution in [0.25, 0.3) is 10.9 Å². The lowest BCUT2D eigenvalue weighted by molar-refractivity contribution is 0.0766. The van der Waals surface area contributed by atoms with Crippen LogP contribution in [0.5, 0.6) is 0 Å². The first-order valence-corrected chi connectivity index (χ1v) is 6.41. The summed E-state index contributed by atoms with van der Waals surface area (Å²) >= 11 is 0. The Morgan fingerprint density at radius 3 is 3.00 bits per heavy atom. The number of aromatic amines is 1. The Morgan fingerprint density at radius 1 is 1.44 bits per heavy atom. The van der Waals surface area contributed by atoms with Crippen LogP contribution in [0.3, 0.4) is 0 Å². The van der Waals surface area contributed by atoms with E-state index < -0.39 is 0 Å². The van der Waals surface area contributed by atoms with E-state index in [1.54, 1.807) is 0 Å². The summed E-state index contributed by atoms with van der Waals surface area (Å²) in [5, 5.41) is 1.06. The SMILES string of the molecule is Cc1cccc2[nH]cc(C(=O)C3CCOC3C)c12. The molecule has 0 radical (unpaired) electrons. The molecule has 1 aromatic carbocycles. The van der Waals surface area contributed by atoms with E-state index in [0.717, 1.165) is 28.5 Å². The summed E-state index contributed by atoms with van der Waals surface area (Å²) in [6, 6.07) is 6.05. The number of hydrogen-bond acceptors (Lipinski definition) is 2. The zero-order valence-electron chi connectivity index (χ0n) is 10.7. The largest absolute Gasteiger partial charge is 0.378 e. The van der Waals surface area contributed by atoms with E-state index in [1.165, 1.54) is 0 Å². The van der Waals surface area contributed by atoms with Crippen LogP contribution in [0.4, 0.5) is 0 Å². The number of aryl methyl sites for hydroxylation is 1. The highest BCUT2D eigenvalue weighted by atomic mass is 16.5.